The highest BCUT2D eigenvalue weighted by Gasteiger charge is 2.09. The van der Waals surface area contributed by atoms with Crippen molar-refractivity contribution in [2.75, 3.05) is 0 Å². The number of hydrogen-bond donors (Lipinski definition) is 1. The number of aromatic hydroxyl groups is 1. The lowest BCUT2D eigenvalue weighted by Crippen LogP contribution is -1.90. The van der Waals surface area contributed by atoms with E-state index in [0.29, 0.717) is 5.56 Å². The summed E-state index contributed by atoms with van der Waals surface area (Å²) in [5.74, 6) is 0.177. The molecule has 0 unspecified atom stereocenters. The number of aryl methyl sites for hydroxylation is 1. The Bertz CT molecular complexity index is 350. The van der Waals surface area contributed by atoms with Crippen LogP contribution in [0.5, 0.6) is 5.75 Å². The molecular weight excluding hydrogens is 267 g/mol. The summed E-state index contributed by atoms with van der Waals surface area (Å²) in [4.78, 5) is -0.658. The van der Waals surface area contributed by atoms with Gasteiger partial charge in [-0.3, -0.25) is 0 Å². The van der Waals surface area contributed by atoms with Gasteiger partial charge in [0.25, 0.3) is 0 Å². The maximum Gasteiger partial charge on any atom is 0.136 e. The molecule has 1 aromatic carbocycles. The van der Waals surface area contributed by atoms with Crippen molar-refractivity contribution in [2.24, 2.45) is 0 Å². The molecule has 0 aliphatic rings. The van der Waals surface area contributed by atoms with Gasteiger partial charge in [-0.05, 0) is 30.5 Å². The largest absolute Gasteiger partial charge is 0.508 e. The Morgan fingerprint density at radius 2 is 1.72 bits per heavy atom. The molecule has 0 heterocycles. The second kappa shape index (κ2) is 8.66. The van der Waals surface area contributed by atoms with Crippen LogP contribution in [0, 0.1) is 0 Å². The van der Waals surface area contributed by atoms with Gasteiger partial charge in [0, 0.05) is 5.56 Å². The number of rotatable bonds is 8. The van der Waals surface area contributed by atoms with Crippen molar-refractivity contribution in [3.05, 3.63) is 29.3 Å². The van der Waals surface area contributed by atoms with Crippen LogP contribution >= 0.6 is 23.2 Å². The van der Waals surface area contributed by atoms with E-state index in [-0.39, 0.29) is 5.75 Å². The third kappa shape index (κ3) is 5.49. The van der Waals surface area contributed by atoms with Gasteiger partial charge in [0.2, 0.25) is 0 Å². The average Bonchev–Trinajstić information content (AvgIpc) is 2.35. The minimum absolute atomic E-state index is 0.177. The first-order valence-electron chi connectivity index (χ1n) is 6.75. The Morgan fingerprint density at radius 3 is 2.39 bits per heavy atom. The fraction of sp³-hybridized carbons (Fsp3) is 0.600. The molecule has 1 N–H and O–H groups in total. The monoisotopic (exact) mass is 288 g/mol. The van der Waals surface area contributed by atoms with Crippen molar-refractivity contribution >= 4 is 23.2 Å². The second-order valence-electron chi connectivity index (χ2n) is 4.71. The predicted molar refractivity (Wildman–Crippen MR) is 79.6 cm³/mol. The molecule has 0 aliphatic carbocycles. The maximum atomic E-state index is 9.61. The number of halogens is 2. The normalized spacial score (nSPS) is 11.1. The molecule has 1 rings (SSSR count). The van der Waals surface area contributed by atoms with Crippen molar-refractivity contribution in [1.29, 1.82) is 0 Å². The summed E-state index contributed by atoms with van der Waals surface area (Å²) in [5.41, 5.74) is 1.81. The Hall–Kier alpha value is -0.400. The maximum absolute atomic E-state index is 9.61. The SMILES string of the molecule is CCCCCCCCc1ccc(O)c(C(Cl)Cl)c1. The molecular formula is C15H22Cl2O. The first kappa shape index (κ1) is 15.7. The standard InChI is InChI=1S/C15H22Cl2O/c1-2-3-4-5-6-7-8-12-9-10-14(18)13(11-12)15(16)17/h9-11,15,18H,2-8H2,1H3. The van der Waals surface area contributed by atoms with Gasteiger partial charge < -0.3 is 5.11 Å². The van der Waals surface area contributed by atoms with Gasteiger partial charge in [-0.2, -0.15) is 0 Å². The van der Waals surface area contributed by atoms with E-state index in [2.05, 4.69) is 6.92 Å². The fourth-order valence-electron chi connectivity index (χ4n) is 2.04. The summed E-state index contributed by atoms with van der Waals surface area (Å²) < 4.78 is 0. The van der Waals surface area contributed by atoms with E-state index in [1.54, 1.807) is 6.07 Å². The Morgan fingerprint density at radius 1 is 1.06 bits per heavy atom. The molecule has 0 spiro atoms. The molecule has 102 valence electrons. The van der Waals surface area contributed by atoms with E-state index in [4.69, 9.17) is 23.2 Å². The zero-order chi connectivity index (χ0) is 13.4. The van der Waals surface area contributed by atoms with E-state index in [9.17, 15) is 5.11 Å². The number of unbranched alkanes of at least 4 members (excludes halogenated alkanes) is 5. The molecule has 0 saturated carbocycles. The molecule has 0 atom stereocenters. The summed E-state index contributed by atoms with van der Waals surface area (Å²) in [7, 11) is 0. The molecule has 1 aromatic rings. The van der Waals surface area contributed by atoms with Gasteiger partial charge in [0.15, 0.2) is 0 Å². The van der Waals surface area contributed by atoms with Crippen LogP contribution in [0.15, 0.2) is 18.2 Å². The van der Waals surface area contributed by atoms with E-state index in [0.717, 1.165) is 6.42 Å². The summed E-state index contributed by atoms with van der Waals surface area (Å²) in [6, 6.07) is 5.53. The first-order chi connectivity index (χ1) is 8.65. The number of benzene rings is 1. The van der Waals surface area contributed by atoms with Gasteiger partial charge in [0.05, 0.1) is 0 Å². The van der Waals surface area contributed by atoms with Gasteiger partial charge in [-0.15, -0.1) is 0 Å². The summed E-state index contributed by atoms with van der Waals surface area (Å²) in [5, 5.41) is 9.61. The van der Waals surface area contributed by atoms with Crippen molar-refractivity contribution in [2.45, 2.75) is 56.7 Å². The first-order valence-corrected chi connectivity index (χ1v) is 7.62. The fourth-order valence-corrected chi connectivity index (χ4v) is 2.39. The molecule has 0 fully saturated rings. The highest BCUT2D eigenvalue weighted by atomic mass is 35.5. The van der Waals surface area contributed by atoms with Gasteiger partial charge >= 0.3 is 0 Å². The van der Waals surface area contributed by atoms with Crippen LogP contribution in [-0.2, 0) is 6.42 Å². The Kier molecular flexibility index (Phi) is 7.53. The van der Waals surface area contributed by atoms with Gasteiger partial charge in [-0.25, -0.2) is 0 Å². The van der Waals surface area contributed by atoms with Crippen LogP contribution in [-0.4, -0.2) is 5.11 Å². The predicted octanol–water partition coefficient (Wildman–Crippen LogP) is 5.77. The van der Waals surface area contributed by atoms with Crippen LogP contribution in [0.4, 0.5) is 0 Å². The van der Waals surface area contributed by atoms with E-state index in [1.807, 2.05) is 12.1 Å². The number of phenolic OH excluding ortho intramolecular Hbond substituents is 1. The summed E-state index contributed by atoms with van der Waals surface area (Å²) >= 11 is 11.6. The smallest absolute Gasteiger partial charge is 0.136 e. The molecule has 18 heavy (non-hydrogen) atoms. The van der Waals surface area contributed by atoms with Crippen LogP contribution < -0.4 is 0 Å². The second-order valence-corrected chi connectivity index (χ2v) is 5.81. The number of phenols is 1. The molecule has 0 bridgehead atoms. The summed E-state index contributed by atoms with van der Waals surface area (Å²) in [6.07, 6.45) is 8.75. The van der Waals surface area contributed by atoms with Gasteiger partial charge in [0.1, 0.15) is 10.6 Å². The van der Waals surface area contributed by atoms with Crippen LogP contribution in [0.1, 0.15) is 61.4 Å². The van der Waals surface area contributed by atoms with Crippen LogP contribution in [0.25, 0.3) is 0 Å². The topological polar surface area (TPSA) is 20.2 Å². The van der Waals surface area contributed by atoms with E-state index < -0.39 is 4.84 Å². The van der Waals surface area contributed by atoms with Crippen LogP contribution in [0.2, 0.25) is 0 Å². The molecule has 0 saturated heterocycles. The number of alkyl halides is 2. The molecule has 3 heteroatoms. The lowest BCUT2D eigenvalue weighted by Gasteiger charge is -2.08. The zero-order valence-electron chi connectivity index (χ0n) is 11.0. The van der Waals surface area contributed by atoms with E-state index >= 15 is 0 Å². The van der Waals surface area contributed by atoms with Crippen molar-refractivity contribution < 1.29 is 5.11 Å². The molecule has 0 radical (unpaired) electrons. The highest BCUT2D eigenvalue weighted by Crippen LogP contribution is 2.32. The lowest BCUT2D eigenvalue weighted by atomic mass is 10.0. The molecule has 0 amide bonds. The zero-order valence-corrected chi connectivity index (χ0v) is 12.5. The van der Waals surface area contributed by atoms with E-state index in [1.165, 1.54) is 44.1 Å². The van der Waals surface area contributed by atoms with Crippen molar-refractivity contribution in [1.82, 2.24) is 0 Å². The van der Waals surface area contributed by atoms with Gasteiger partial charge in [-0.1, -0.05) is 68.3 Å². The third-order valence-corrected chi connectivity index (χ3v) is 3.62. The minimum Gasteiger partial charge on any atom is -0.508 e. The van der Waals surface area contributed by atoms with Crippen molar-refractivity contribution in [3.63, 3.8) is 0 Å². The van der Waals surface area contributed by atoms with Crippen LogP contribution in [0.3, 0.4) is 0 Å². The number of hydrogen-bond acceptors (Lipinski definition) is 1. The summed E-state index contributed by atoms with van der Waals surface area (Å²) in [6.45, 7) is 2.23. The van der Waals surface area contributed by atoms with Crippen molar-refractivity contribution in [3.8, 4) is 5.75 Å². The highest BCUT2D eigenvalue weighted by molar-refractivity contribution is 6.44. The molecule has 1 nitrogen and oxygen atoms in total. The minimum atomic E-state index is -0.658. The Labute approximate surface area is 120 Å². The quantitative estimate of drug-likeness (QED) is 0.475. The molecule has 0 aromatic heterocycles. The molecule has 0 aliphatic heterocycles. The lowest BCUT2D eigenvalue weighted by molar-refractivity contribution is 0.469. The Balaban J connectivity index is 2.36. The average molecular weight is 289 g/mol. The third-order valence-electron chi connectivity index (χ3n) is 3.15.